The fourth-order valence-corrected chi connectivity index (χ4v) is 3.90. The molecule has 6 heteroatoms. The quantitative estimate of drug-likeness (QED) is 0.889. The minimum atomic E-state index is -3.43. The molecule has 0 spiro atoms. The average molecular weight is 284 g/mol. The Hall–Kier alpha value is -0.950. The highest BCUT2D eigenvalue weighted by Gasteiger charge is 2.31. The van der Waals surface area contributed by atoms with Gasteiger partial charge in [0.25, 0.3) is 0 Å². The third-order valence-corrected chi connectivity index (χ3v) is 5.20. The molecular formula is C13H20N2O3S. The van der Waals surface area contributed by atoms with Crippen LogP contribution in [-0.2, 0) is 21.3 Å². The maximum Gasteiger partial charge on any atom is 0.243 e. The van der Waals surface area contributed by atoms with Crippen LogP contribution in [0.4, 0.5) is 0 Å². The maximum atomic E-state index is 12.6. The van der Waals surface area contributed by atoms with E-state index in [1.54, 1.807) is 18.2 Å². The lowest BCUT2D eigenvalue weighted by molar-refractivity contribution is 0.0393. The summed E-state index contributed by atoms with van der Waals surface area (Å²) in [7, 11) is -1.59. The van der Waals surface area contributed by atoms with Gasteiger partial charge in [-0.3, -0.25) is 0 Å². The van der Waals surface area contributed by atoms with Gasteiger partial charge >= 0.3 is 0 Å². The van der Waals surface area contributed by atoms with Crippen LogP contribution in [0.25, 0.3) is 0 Å². The molecule has 1 unspecified atom stereocenters. The van der Waals surface area contributed by atoms with E-state index in [-0.39, 0.29) is 6.04 Å². The fraction of sp³-hybridized carbons (Fsp3) is 0.538. The van der Waals surface area contributed by atoms with Crippen LogP contribution in [0.2, 0.25) is 0 Å². The zero-order valence-electron chi connectivity index (χ0n) is 11.3. The summed E-state index contributed by atoms with van der Waals surface area (Å²) in [6.07, 6.45) is 0. The molecule has 1 aromatic rings. The van der Waals surface area contributed by atoms with Gasteiger partial charge in [0, 0.05) is 19.1 Å². The highest BCUT2D eigenvalue weighted by Crippen LogP contribution is 2.21. The normalized spacial score (nSPS) is 21.5. The van der Waals surface area contributed by atoms with Crippen LogP contribution in [0.15, 0.2) is 29.2 Å². The van der Waals surface area contributed by atoms with Crippen molar-refractivity contribution >= 4 is 10.0 Å². The number of nitrogens with one attached hydrogen (secondary N) is 1. The topological polar surface area (TPSA) is 58.6 Å². The van der Waals surface area contributed by atoms with Crippen molar-refractivity contribution in [2.75, 3.05) is 26.8 Å². The molecule has 0 aromatic heterocycles. The van der Waals surface area contributed by atoms with Crippen LogP contribution in [0.3, 0.4) is 0 Å². The Morgan fingerprint density at radius 2 is 2.26 bits per heavy atom. The highest BCUT2D eigenvalue weighted by atomic mass is 32.2. The van der Waals surface area contributed by atoms with Gasteiger partial charge in [-0.05, 0) is 31.7 Å². The van der Waals surface area contributed by atoms with E-state index in [1.807, 2.05) is 20.0 Å². The molecule has 0 aliphatic carbocycles. The number of sulfonamides is 1. The molecule has 5 nitrogen and oxygen atoms in total. The predicted molar refractivity (Wildman–Crippen MR) is 73.4 cm³/mol. The monoisotopic (exact) mass is 284 g/mol. The summed E-state index contributed by atoms with van der Waals surface area (Å²) in [4.78, 5) is 0.356. The first-order valence-corrected chi connectivity index (χ1v) is 7.83. The molecule has 1 heterocycles. The number of hydrogen-bond acceptors (Lipinski definition) is 4. The molecule has 1 atom stereocenters. The molecule has 0 bridgehead atoms. The van der Waals surface area contributed by atoms with Crippen molar-refractivity contribution in [3.8, 4) is 0 Å². The Bertz CT molecular complexity index is 530. The zero-order chi connectivity index (χ0) is 13.9. The number of ether oxygens (including phenoxy) is 1. The van der Waals surface area contributed by atoms with Crippen molar-refractivity contribution in [1.29, 1.82) is 0 Å². The van der Waals surface area contributed by atoms with E-state index in [0.717, 1.165) is 5.56 Å². The van der Waals surface area contributed by atoms with Crippen LogP contribution in [0.5, 0.6) is 0 Å². The van der Waals surface area contributed by atoms with Crippen LogP contribution in [-0.4, -0.2) is 45.6 Å². The van der Waals surface area contributed by atoms with E-state index < -0.39 is 10.0 Å². The molecule has 1 aromatic carbocycles. The number of hydrogen-bond donors (Lipinski definition) is 1. The summed E-state index contributed by atoms with van der Waals surface area (Å²) in [6.45, 7) is 3.85. The van der Waals surface area contributed by atoms with Gasteiger partial charge in [0.2, 0.25) is 10.0 Å². The molecule has 0 radical (unpaired) electrons. The van der Waals surface area contributed by atoms with Gasteiger partial charge in [-0.1, -0.05) is 12.1 Å². The second kappa shape index (κ2) is 6.00. The van der Waals surface area contributed by atoms with Crippen molar-refractivity contribution < 1.29 is 13.2 Å². The fourth-order valence-electron chi connectivity index (χ4n) is 2.22. The van der Waals surface area contributed by atoms with Gasteiger partial charge in [0.15, 0.2) is 0 Å². The third kappa shape index (κ3) is 3.14. The molecule has 1 N–H and O–H groups in total. The summed E-state index contributed by atoms with van der Waals surface area (Å²) in [5.41, 5.74) is 0.962. The molecular weight excluding hydrogens is 264 g/mol. The van der Waals surface area contributed by atoms with Gasteiger partial charge in [0.1, 0.15) is 0 Å². The Kier molecular flexibility index (Phi) is 4.57. The van der Waals surface area contributed by atoms with E-state index in [0.29, 0.717) is 31.2 Å². The number of benzene rings is 1. The van der Waals surface area contributed by atoms with Gasteiger partial charge in [-0.2, -0.15) is 4.31 Å². The van der Waals surface area contributed by atoms with E-state index in [4.69, 9.17) is 4.74 Å². The zero-order valence-corrected chi connectivity index (χ0v) is 12.1. The molecule has 1 aliphatic rings. The van der Waals surface area contributed by atoms with Gasteiger partial charge in [0.05, 0.1) is 18.1 Å². The van der Waals surface area contributed by atoms with Crippen molar-refractivity contribution in [2.24, 2.45) is 0 Å². The molecule has 0 amide bonds. The minimum absolute atomic E-state index is 0.119. The second-order valence-corrected chi connectivity index (χ2v) is 6.61. The van der Waals surface area contributed by atoms with E-state index in [1.165, 1.54) is 4.31 Å². The van der Waals surface area contributed by atoms with E-state index in [9.17, 15) is 8.42 Å². The van der Waals surface area contributed by atoms with E-state index >= 15 is 0 Å². The third-order valence-electron chi connectivity index (χ3n) is 3.19. The first-order valence-electron chi connectivity index (χ1n) is 6.39. The second-order valence-electron chi connectivity index (χ2n) is 4.72. The lowest BCUT2D eigenvalue weighted by Crippen LogP contribution is -2.46. The summed E-state index contributed by atoms with van der Waals surface area (Å²) in [5.74, 6) is 0. The standard InChI is InChI=1S/C13H20N2O3S/c1-11-10-18-7-6-15(11)19(16,17)13-5-3-4-12(8-13)9-14-2/h3-5,8,11,14H,6-7,9-10H2,1-2H3. The van der Waals surface area contributed by atoms with E-state index in [2.05, 4.69) is 5.32 Å². The van der Waals surface area contributed by atoms with Crippen LogP contribution >= 0.6 is 0 Å². The summed E-state index contributed by atoms with van der Waals surface area (Å²) in [6, 6.07) is 6.96. The molecule has 0 saturated carbocycles. The number of rotatable bonds is 4. The molecule has 1 fully saturated rings. The Morgan fingerprint density at radius 3 is 2.95 bits per heavy atom. The van der Waals surface area contributed by atoms with Crippen molar-refractivity contribution in [2.45, 2.75) is 24.4 Å². The van der Waals surface area contributed by atoms with Gasteiger partial charge < -0.3 is 10.1 Å². The Morgan fingerprint density at radius 1 is 1.47 bits per heavy atom. The van der Waals surface area contributed by atoms with Gasteiger partial charge in [-0.15, -0.1) is 0 Å². The van der Waals surface area contributed by atoms with Crippen molar-refractivity contribution in [3.05, 3.63) is 29.8 Å². The first kappa shape index (κ1) is 14.5. The van der Waals surface area contributed by atoms with Gasteiger partial charge in [-0.25, -0.2) is 8.42 Å². The van der Waals surface area contributed by atoms with Crippen molar-refractivity contribution in [1.82, 2.24) is 9.62 Å². The largest absolute Gasteiger partial charge is 0.378 e. The highest BCUT2D eigenvalue weighted by molar-refractivity contribution is 7.89. The average Bonchev–Trinajstić information content (AvgIpc) is 2.40. The van der Waals surface area contributed by atoms with Crippen LogP contribution in [0.1, 0.15) is 12.5 Å². The number of morpholine rings is 1. The Labute approximate surface area is 114 Å². The lowest BCUT2D eigenvalue weighted by atomic mass is 10.2. The molecule has 2 rings (SSSR count). The molecule has 106 valence electrons. The minimum Gasteiger partial charge on any atom is -0.378 e. The molecule has 19 heavy (non-hydrogen) atoms. The maximum absolute atomic E-state index is 12.6. The number of nitrogens with zero attached hydrogens (tertiary/aromatic N) is 1. The molecule has 1 aliphatic heterocycles. The summed E-state index contributed by atoms with van der Waals surface area (Å²) >= 11 is 0. The smallest absolute Gasteiger partial charge is 0.243 e. The Balaban J connectivity index is 2.30. The first-order chi connectivity index (χ1) is 9.05. The summed E-state index contributed by atoms with van der Waals surface area (Å²) in [5, 5.41) is 3.02. The molecule has 1 saturated heterocycles. The lowest BCUT2D eigenvalue weighted by Gasteiger charge is -2.32. The predicted octanol–water partition coefficient (Wildman–Crippen LogP) is 0.815. The summed E-state index contributed by atoms with van der Waals surface area (Å²) < 4.78 is 32.0. The SMILES string of the molecule is CNCc1cccc(S(=O)(=O)N2CCOCC2C)c1. The van der Waals surface area contributed by atoms with Crippen molar-refractivity contribution in [3.63, 3.8) is 0 Å². The van der Waals surface area contributed by atoms with Crippen LogP contribution < -0.4 is 5.32 Å². The van der Waals surface area contributed by atoms with Crippen LogP contribution in [0, 0.1) is 0 Å².